The summed E-state index contributed by atoms with van der Waals surface area (Å²) in [7, 11) is 1.63. The summed E-state index contributed by atoms with van der Waals surface area (Å²) in [6.45, 7) is 4.44. The van der Waals surface area contributed by atoms with Gasteiger partial charge in [0.25, 0.3) is 0 Å². The second kappa shape index (κ2) is 8.49. The van der Waals surface area contributed by atoms with Crippen molar-refractivity contribution in [2.75, 3.05) is 12.5 Å². The van der Waals surface area contributed by atoms with E-state index in [4.69, 9.17) is 9.47 Å². The zero-order valence-electron chi connectivity index (χ0n) is 15.0. The van der Waals surface area contributed by atoms with Crippen molar-refractivity contribution >= 4 is 23.2 Å². The summed E-state index contributed by atoms with van der Waals surface area (Å²) in [5, 5.41) is 7.32. The fraction of sp³-hybridized carbons (Fsp3) is 0.200. The number of nitrogens with zero attached hydrogens (tertiary/aromatic N) is 2. The summed E-state index contributed by atoms with van der Waals surface area (Å²) >= 11 is 1.61. The normalized spacial score (nSPS) is 10.9. The molecule has 26 heavy (non-hydrogen) atoms. The van der Waals surface area contributed by atoms with E-state index < -0.39 is 0 Å². The molecule has 0 fully saturated rings. The summed E-state index contributed by atoms with van der Waals surface area (Å²) in [6, 6.07) is 13.7. The molecule has 0 aliphatic heterocycles. The molecule has 0 amide bonds. The van der Waals surface area contributed by atoms with Gasteiger partial charge in [0, 0.05) is 5.38 Å². The maximum Gasteiger partial charge on any atom is 0.161 e. The number of aryl methyl sites for hydroxylation is 2. The predicted octanol–water partition coefficient (Wildman–Crippen LogP) is 4.79. The van der Waals surface area contributed by atoms with Crippen LogP contribution in [0.1, 0.15) is 21.8 Å². The summed E-state index contributed by atoms with van der Waals surface area (Å²) in [5.41, 5.74) is 7.01. The van der Waals surface area contributed by atoms with Crippen molar-refractivity contribution in [3.05, 3.63) is 69.7 Å². The van der Waals surface area contributed by atoms with Crippen LogP contribution in [-0.2, 0) is 6.61 Å². The van der Waals surface area contributed by atoms with Gasteiger partial charge in [-0.05, 0) is 49.2 Å². The van der Waals surface area contributed by atoms with Gasteiger partial charge in [-0.3, -0.25) is 5.43 Å². The molecular formula is C20H21N3O2S. The number of aromatic nitrogens is 1. The van der Waals surface area contributed by atoms with Crippen molar-refractivity contribution in [2.45, 2.75) is 20.5 Å². The molecule has 0 saturated heterocycles. The van der Waals surface area contributed by atoms with Gasteiger partial charge in [0.15, 0.2) is 11.5 Å². The Labute approximate surface area is 157 Å². The Morgan fingerprint density at radius 2 is 2.00 bits per heavy atom. The summed E-state index contributed by atoms with van der Waals surface area (Å²) in [5.74, 6) is 1.35. The molecule has 3 rings (SSSR count). The molecule has 0 aliphatic carbocycles. The number of nitrogens with one attached hydrogen (secondary N) is 1. The van der Waals surface area contributed by atoms with Crippen molar-refractivity contribution in [1.29, 1.82) is 0 Å². The molecule has 0 aliphatic rings. The van der Waals surface area contributed by atoms with Gasteiger partial charge >= 0.3 is 0 Å². The largest absolute Gasteiger partial charge is 0.493 e. The third kappa shape index (κ3) is 4.61. The van der Waals surface area contributed by atoms with Crippen LogP contribution in [0.5, 0.6) is 11.5 Å². The van der Waals surface area contributed by atoms with Crippen LogP contribution in [0.2, 0.25) is 0 Å². The lowest BCUT2D eigenvalue weighted by Gasteiger charge is -2.10. The quantitative estimate of drug-likeness (QED) is 0.482. The van der Waals surface area contributed by atoms with Gasteiger partial charge < -0.3 is 9.47 Å². The number of hydrazone groups is 1. The Hall–Kier alpha value is -2.86. The molecule has 134 valence electrons. The van der Waals surface area contributed by atoms with Crippen LogP contribution in [0.25, 0.3) is 0 Å². The highest BCUT2D eigenvalue weighted by Crippen LogP contribution is 2.28. The van der Waals surface area contributed by atoms with Crippen LogP contribution < -0.4 is 14.9 Å². The Morgan fingerprint density at radius 1 is 1.15 bits per heavy atom. The van der Waals surface area contributed by atoms with E-state index in [1.54, 1.807) is 24.7 Å². The second-order valence-electron chi connectivity index (χ2n) is 5.74. The molecule has 0 radical (unpaired) electrons. The Balaban J connectivity index is 1.66. The average molecular weight is 367 g/mol. The smallest absolute Gasteiger partial charge is 0.161 e. The van der Waals surface area contributed by atoms with Gasteiger partial charge in [-0.1, -0.05) is 18.2 Å². The highest BCUT2D eigenvalue weighted by molar-refractivity contribution is 7.09. The third-order valence-electron chi connectivity index (χ3n) is 3.77. The highest BCUT2D eigenvalue weighted by Gasteiger charge is 2.07. The van der Waals surface area contributed by atoms with Crippen molar-refractivity contribution in [1.82, 2.24) is 4.98 Å². The first-order valence-electron chi connectivity index (χ1n) is 8.22. The Kier molecular flexibility index (Phi) is 5.86. The van der Waals surface area contributed by atoms with Gasteiger partial charge in [-0.2, -0.15) is 5.10 Å². The Bertz CT molecular complexity index is 906. The zero-order valence-corrected chi connectivity index (χ0v) is 15.8. The topological polar surface area (TPSA) is 55.7 Å². The molecule has 3 aromatic rings. The third-order valence-corrected chi connectivity index (χ3v) is 4.60. The number of anilines is 1. The number of ether oxygens (including phenoxy) is 2. The second-order valence-corrected chi connectivity index (χ2v) is 6.80. The Morgan fingerprint density at radius 3 is 2.73 bits per heavy atom. The molecule has 5 nitrogen and oxygen atoms in total. The molecule has 1 heterocycles. The number of thiazole rings is 1. The lowest BCUT2D eigenvalue weighted by molar-refractivity contribution is 0.281. The van der Waals surface area contributed by atoms with Crippen molar-refractivity contribution in [2.24, 2.45) is 5.10 Å². The first-order valence-corrected chi connectivity index (χ1v) is 9.10. The molecule has 0 saturated carbocycles. The van der Waals surface area contributed by atoms with E-state index in [0.29, 0.717) is 18.1 Å². The molecular weight excluding hydrogens is 346 g/mol. The van der Waals surface area contributed by atoms with Crippen LogP contribution in [-0.4, -0.2) is 18.3 Å². The van der Waals surface area contributed by atoms with Crippen molar-refractivity contribution in [3.63, 3.8) is 0 Å². The fourth-order valence-electron chi connectivity index (χ4n) is 2.38. The van der Waals surface area contributed by atoms with E-state index in [-0.39, 0.29) is 0 Å². The highest BCUT2D eigenvalue weighted by atomic mass is 32.1. The molecule has 0 unspecified atom stereocenters. The number of hydrogen-bond donors (Lipinski definition) is 1. The summed E-state index contributed by atoms with van der Waals surface area (Å²) in [6.07, 6.45) is 1.75. The number of benzene rings is 2. The van der Waals surface area contributed by atoms with Crippen LogP contribution in [0, 0.1) is 13.8 Å². The molecule has 2 aromatic carbocycles. The van der Waals surface area contributed by atoms with E-state index >= 15 is 0 Å². The number of rotatable bonds is 7. The van der Waals surface area contributed by atoms with Crippen LogP contribution >= 0.6 is 11.3 Å². The first kappa shape index (κ1) is 17.9. The SMILES string of the molecule is COc1cc(/C=N\Nc2ccccc2C)ccc1OCc1csc(C)n1. The van der Waals surface area contributed by atoms with E-state index in [2.05, 4.69) is 15.5 Å². The molecule has 1 aromatic heterocycles. The molecule has 1 N–H and O–H groups in total. The van der Waals surface area contributed by atoms with Gasteiger partial charge in [-0.25, -0.2) is 4.98 Å². The average Bonchev–Trinajstić information content (AvgIpc) is 3.07. The fourth-order valence-corrected chi connectivity index (χ4v) is 2.98. The minimum atomic E-state index is 0.420. The predicted molar refractivity (Wildman–Crippen MR) is 107 cm³/mol. The molecule has 6 heteroatoms. The summed E-state index contributed by atoms with van der Waals surface area (Å²) < 4.78 is 11.3. The zero-order chi connectivity index (χ0) is 18.4. The number of methoxy groups -OCH3 is 1. The lowest BCUT2D eigenvalue weighted by atomic mass is 10.2. The van der Waals surface area contributed by atoms with Crippen molar-refractivity contribution < 1.29 is 9.47 Å². The van der Waals surface area contributed by atoms with E-state index in [9.17, 15) is 0 Å². The van der Waals surface area contributed by atoms with Gasteiger partial charge in [0.2, 0.25) is 0 Å². The van der Waals surface area contributed by atoms with Gasteiger partial charge in [0.1, 0.15) is 6.61 Å². The number of hydrogen-bond acceptors (Lipinski definition) is 6. The van der Waals surface area contributed by atoms with Crippen LogP contribution in [0.15, 0.2) is 52.9 Å². The molecule has 0 spiro atoms. The van der Waals surface area contributed by atoms with E-state index in [0.717, 1.165) is 27.5 Å². The van der Waals surface area contributed by atoms with Crippen LogP contribution in [0.3, 0.4) is 0 Å². The van der Waals surface area contributed by atoms with Crippen LogP contribution in [0.4, 0.5) is 5.69 Å². The van der Waals surface area contributed by atoms with Gasteiger partial charge in [0.05, 0.1) is 29.7 Å². The number of para-hydroxylation sites is 1. The molecule has 0 atom stereocenters. The minimum absolute atomic E-state index is 0.420. The van der Waals surface area contributed by atoms with Crippen molar-refractivity contribution in [3.8, 4) is 11.5 Å². The van der Waals surface area contributed by atoms with E-state index in [1.807, 2.05) is 61.7 Å². The maximum absolute atomic E-state index is 5.83. The van der Waals surface area contributed by atoms with E-state index in [1.165, 1.54) is 0 Å². The standard InChI is InChI=1S/C20H21N3O2S/c1-14-6-4-5-7-18(14)23-21-11-16-8-9-19(20(10-16)24-3)25-12-17-13-26-15(2)22-17/h4-11,13,23H,12H2,1-3H3/b21-11-. The van der Waals surface area contributed by atoms with Gasteiger partial charge in [-0.15, -0.1) is 11.3 Å². The lowest BCUT2D eigenvalue weighted by Crippen LogP contribution is -1.99. The molecule has 0 bridgehead atoms. The first-order chi connectivity index (χ1) is 12.7. The minimum Gasteiger partial charge on any atom is -0.493 e. The monoisotopic (exact) mass is 367 g/mol. The maximum atomic E-state index is 5.83. The summed E-state index contributed by atoms with van der Waals surface area (Å²) in [4.78, 5) is 4.40.